The Bertz CT molecular complexity index is 2650. The Kier molecular flexibility index (Phi) is 15.0. The van der Waals surface area contributed by atoms with Crippen molar-refractivity contribution in [1.29, 1.82) is 0 Å². The van der Waals surface area contributed by atoms with E-state index in [2.05, 4.69) is 31.8 Å². The molecular weight excluding hydrogens is 931 g/mol. The molecule has 63 heavy (non-hydrogen) atoms. The lowest BCUT2D eigenvalue weighted by Gasteiger charge is -2.43. The molecule has 8 rings (SSSR count). The Morgan fingerprint density at radius 2 is 1.29 bits per heavy atom. The molecule has 0 bridgehead atoms. The van der Waals surface area contributed by atoms with Crippen molar-refractivity contribution in [3.63, 3.8) is 0 Å². The average Bonchev–Trinajstić information content (AvgIpc) is 3.93. The number of rotatable bonds is 7. The highest BCUT2D eigenvalue weighted by molar-refractivity contribution is 6.35. The summed E-state index contributed by atoms with van der Waals surface area (Å²) in [5.74, 6) is -2.33. The zero-order chi connectivity index (χ0) is 46.1. The van der Waals surface area contributed by atoms with Crippen molar-refractivity contribution in [1.82, 2.24) is 44.4 Å². The van der Waals surface area contributed by atoms with Gasteiger partial charge in [0.2, 0.25) is 0 Å². The third kappa shape index (κ3) is 10.7. The summed E-state index contributed by atoms with van der Waals surface area (Å²) in [5.41, 5.74) is 6.31. The van der Waals surface area contributed by atoms with Gasteiger partial charge < -0.3 is 15.1 Å². The van der Waals surface area contributed by atoms with Gasteiger partial charge in [-0.25, -0.2) is 34.1 Å². The molecule has 0 radical (unpaired) electrons. The second-order valence-electron chi connectivity index (χ2n) is 15.3. The van der Waals surface area contributed by atoms with Crippen molar-refractivity contribution >= 4 is 98.1 Å². The van der Waals surface area contributed by atoms with Gasteiger partial charge in [0.15, 0.2) is 11.3 Å². The van der Waals surface area contributed by atoms with E-state index in [0.717, 1.165) is 83.9 Å². The number of nitrogens with zero attached hydrogens (tertiary/aromatic N) is 10. The molecule has 6 heterocycles. The number of aromatic nitrogens is 8. The van der Waals surface area contributed by atoms with E-state index in [4.69, 9.17) is 83.0 Å². The number of piperidine rings is 1. The maximum atomic E-state index is 11.7. The minimum atomic E-state index is -5.08. The summed E-state index contributed by atoms with van der Waals surface area (Å²) in [7, 11) is 0. The van der Waals surface area contributed by atoms with Gasteiger partial charge in [-0.1, -0.05) is 77.1 Å². The van der Waals surface area contributed by atoms with Crippen LogP contribution in [0.1, 0.15) is 74.6 Å². The van der Waals surface area contributed by atoms with Crippen molar-refractivity contribution in [2.45, 2.75) is 84.2 Å². The molecule has 2 aromatic carbocycles. The van der Waals surface area contributed by atoms with Gasteiger partial charge >= 0.3 is 18.1 Å². The SMILES string of the molecule is Cc1nn([C@H](C)c2ccc(Cl)cc2Cl)c2nc(Cl)cnc12.Cc1nn([C@H](C)c2ccc(Cl)cc2Cl)c2nc(N3CC[C@H](N4CCC[C@H]4C(=O)O)[C@H](C)C3)cnc12.O=C(O)C(F)(F)F. The summed E-state index contributed by atoms with van der Waals surface area (Å²) in [6, 6.07) is 10.5. The molecule has 14 nitrogen and oxygen atoms in total. The van der Waals surface area contributed by atoms with E-state index in [1.54, 1.807) is 22.9 Å². The first kappa shape index (κ1) is 47.9. The summed E-state index contributed by atoms with van der Waals surface area (Å²) < 4.78 is 35.4. The molecule has 2 aliphatic rings. The number of aliphatic carboxylic acids is 2. The van der Waals surface area contributed by atoms with Gasteiger partial charge in [0.05, 0.1) is 35.9 Å². The van der Waals surface area contributed by atoms with Crippen LogP contribution in [0.5, 0.6) is 0 Å². The lowest BCUT2D eigenvalue weighted by atomic mass is 9.91. The molecule has 6 aromatic rings. The van der Waals surface area contributed by atoms with Crippen LogP contribution in [0, 0.1) is 19.8 Å². The number of halogens is 8. The number of hydrogen-bond acceptors (Lipinski definition) is 10. The van der Waals surface area contributed by atoms with Gasteiger partial charge in [0.25, 0.3) is 0 Å². The fourth-order valence-corrected chi connectivity index (χ4v) is 9.25. The van der Waals surface area contributed by atoms with Gasteiger partial charge in [-0.2, -0.15) is 23.4 Å². The molecule has 0 amide bonds. The molecule has 0 unspecified atom stereocenters. The summed E-state index contributed by atoms with van der Waals surface area (Å²) in [4.78, 5) is 43.4. The molecule has 4 aromatic heterocycles. The van der Waals surface area contributed by atoms with Crippen LogP contribution in [0.3, 0.4) is 0 Å². The number of alkyl halides is 3. The minimum absolute atomic E-state index is 0.112. The van der Waals surface area contributed by atoms with Crippen LogP contribution in [0.4, 0.5) is 19.0 Å². The topological polar surface area (TPSA) is 168 Å². The molecule has 2 aliphatic heterocycles. The highest BCUT2D eigenvalue weighted by Gasteiger charge is 2.40. The zero-order valence-corrected chi connectivity index (χ0v) is 38.2. The Hall–Kier alpha value is -4.52. The van der Waals surface area contributed by atoms with Gasteiger partial charge in [-0.3, -0.25) is 9.69 Å². The van der Waals surface area contributed by atoms with Gasteiger partial charge in [-0.15, -0.1) is 0 Å². The smallest absolute Gasteiger partial charge is 0.480 e. The molecule has 5 atom stereocenters. The van der Waals surface area contributed by atoms with Crippen LogP contribution in [-0.2, 0) is 9.59 Å². The molecule has 22 heteroatoms. The Morgan fingerprint density at radius 3 is 1.76 bits per heavy atom. The van der Waals surface area contributed by atoms with E-state index in [1.165, 1.54) is 6.20 Å². The van der Waals surface area contributed by atoms with Crippen LogP contribution in [0.2, 0.25) is 25.2 Å². The number of fused-ring (bicyclic) bond motifs is 2. The molecule has 0 aliphatic carbocycles. The first-order valence-corrected chi connectivity index (χ1v) is 21.6. The number of carboxylic acid groups (broad SMARTS) is 2. The van der Waals surface area contributed by atoms with E-state index in [1.807, 2.05) is 56.8 Å². The lowest BCUT2D eigenvalue weighted by molar-refractivity contribution is -0.192. The summed E-state index contributed by atoms with van der Waals surface area (Å²) in [6.07, 6.45) is 0.849. The fourth-order valence-electron chi connectivity index (χ4n) is 7.99. The number of carbonyl (C=O) groups is 2. The van der Waals surface area contributed by atoms with E-state index >= 15 is 0 Å². The van der Waals surface area contributed by atoms with Crippen molar-refractivity contribution in [2.24, 2.45) is 5.92 Å². The summed E-state index contributed by atoms with van der Waals surface area (Å²) >= 11 is 30.7. The summed E-state index contributed by atoms with van der Waals surface area (Å²) in [5, 5.41) is 28.7. The quantitative estimate of drug-likeness (QED) is 0.156. The number of aryl methyl sites for hydroxylation is 2. The Balaban J connectivity index is 0.000000199. The van der Waals surface area contributed by atoms with Gasteiger partial charge in [-0.05, 0) is 94.8 Å². The van der Waals surface area contributed by atoms with Gasteiger partial charge in [0, 0.05) is 39.2 Å². The molecule has 0 spiro atoms. The minimum Gasteiger partial charge on any atom is -0.480 e. The standard InChI is InChI=1S/C25H30Cl2N6O2.C14H11Cl3N4.C2HF3O2/c1-14-13-31(10-8-20(14)32-9-4-5-21(32)25(34)35)22-12-28-23-15(2)30-33(24(23)29-22)16(3)18-7-6-17(26)11-19(18)27;1-7-13-14(19-12(17)6-18-13)21(20-7)8(2)10-4-3-9(15)5-11(10)16;3-2(4,5)1(6)7/h6-7,11-12,14,16,20-21H,4-5,8-10,13H2,1-3H3,(H,34,35);3-6,8H,1-2H3;(H,6,7)/t14-,16-,20+,21+;8-;/m11./s1. The predicted molar refractivity (Wildman–Crippen MR) is 237 cm³/mol. The van der Waals surface area contributed by atoms with Crippen molar-refractivity contribution in [2.75, 3.05) is 24.5 Å². The second kappa shape index (κ2) is 19.7. The van der Waals surface area contributed by atoms with Crippen molar-refractivity contribution in [3.8, 4) is 0 Å². The third-order valence-electron chi connectivity index (χ3n) is 11.1. The number of hydrogen-bond donors (Lipinski definition) is 2. The zero-order valence-electron chi connectivity index (χ0n) is 34.5. The second-order valence-corrected chi connectivity index (χ2v) is 17.4. The highest BCUT2D eigenvalue weighted by Crippen LogP contribution is 2.34. The maximum absolute atomic E-state index is 11.7. The van der Waals surface area contributed by atoms with Crippen molar-refractivity contribution in [3.05, 3.63) is 96.6 Å². The average molecular weight is 973 g/mol. The number of anilines is 1. The molecule has 2 fully saturated rings. The lowest BCUT2D eigenvalue weighted by Crippen LogP contribution is -2.53. The number of carboxylic acids is 2. The largest absolute Gasteiger partial charge is 0.490 e. The monoisotopic (exact) mass is 970 g/mol. The van der Waals surface area contributed by atoms with E-state index in [-0.39, 0.29) is 24.2 Å². The number of benzene rings is 2. The molecule has 2 saturated heterocycles. The highest BCUT2D eigenvalue weighted by atomic mass is 35.5. The van der Waals surface area contributed by atoms with E-state index in [0.29, 0.717) is 36.8 Å². The molecule has 0 saturated carbocycles. The first-order valence-electron chi connectivity index (χ1n) is 19.7. The third-order valence-corrected chi connectivity index (χ3v) is 12.4. The normalized spacial score (nSPS) is 19.0. The van der Waals surface area contributed by atoms with Crippen LogP contribution >= 0.6 is 58.0 Å². The van der Waals surface area contributed by atoms with Gasteiger partial charge in [0.1, 0.15) is 28.0 Å². The fraction of sp³-hybridized carbons (Fsp3) is 0.415. The van der Waals surface area contributed by atoms with Crippen LogP contribution in [0.25, 0.3) is 22.3 Å². The van der Waals surface area contributed by atoms with Crippen LogP contribution < -0.4 is 4.90 Å². The first-order chi connectivity index (χ1) is 29.7. The molecule has 336 valence electrons. The predicted octanol–water partition coefficient (Wildman–Crippen LogP) is 10.2. The van der Waals surface area contributed by atoms with E-state index < -0.39 is 18.1 Å². The van der Waals surface area contributed by atoms with Crippen molar-refractivity contribution < 1.29 is 33.0 Å². The molecule has 2 N–H and O–H groups in total. The maximum Gasteiger partial charge on any atom is 0.490 e. The summed E-state index contributed by atoms with van der Waals surface area (Å²) in [6.45, 7) is 12.5. The van der Waals surface area contributed by atoms with E-state index in [9.17, 15) is 23.1 Å². The Labute approximate surface area is 384 Å². The van der Waals surface area contributed by atoms with Crippen LogP contribution in [0.15, 0.2) is 48.8 Å². The Morgan fingerprint density at radius 1 is 0.778 bits per heavy atom. The van der Waals surface area contributed by atoms with Crippen LogP contribution in [-0.4, -0.2) is 104 Å². The molecular formula is C41H42Cl5F3N10O4. The number of likely N-dealkylation sites (tertiary alicyclic amines) is 1.